The van der Waals surface area contributed by atoms with Crippen molar-refractivity contribution in [2.24, 2.45) is 5.73 Å². The first-order valence-electron chi connectivity index (χ1n) is 4.15. The summed E-state index contributed by atoms with van der Waals surface area (Å²) < 4.78 is 1.90. The molecule has 0 aliphatic heterocycles. The molecule has 1 heterocycles. The van der Waals surface area contributed by atoms with Crippen molar-refractivity contribution in [1.82, 2.24) is 9.55 Å². The van der Waals surface area contributed by atoms with Gasteiger partial charge in [-0.3, -0.25) is 0 Å². The zero-order valence-corrected chi connectivity index (χ0v) is 8.20. The minimum Gasteiger partial charge on any atom is -0.332 e. The zero-order chi connectivity index (χ0) is 10.1. The van der Waals surface area contributed by atoms with E-state index >= 15 is 0 Å². The Morgan fingerprint density at radius 2 is 2.31 bits per heavy atom. The Balaban J connectivity index is 2.88. The standard InChI is InChI=1S/C9H14N4/c1-7-8(2)13(6-12-7)5-9(3,11)4-10/h6H,5,11H2,1-3H3. The van der Waals surface area contributed by atoms with Gasteiger partial charge in [0.15, 0.2) is 0 Å². The second-order valence-corrected chi connectivity index (χ2v) is 3.57. The Bertz CT molecular complexity index is 343. The normalized spacial score (nSPS) is 15.0. The maximum atomic E-state index is 8.74. The summed E-state index contributed by atoms with van der Waals surface area (Å²) in [6.45, 7) is 6.10. The molecule has 0 radical (unpaired) electrons. The van der Waals surface area contributed by atoms with Gasteiger partial charge in [-0.2, -0.15) is 5.26 Å². The smallest absolute Gasteiger partial charge is 0.119 e. The summed E-state index contributed by atoms with van der Waals surface area (Å²) in [5.41, 5.74) is 6.94. The van der Waals surface area contributed by atoms with Crippen molar-refractivity contribution in [3.05, 3.63) is 17.7 Å². The third kappa shape index (κ3) is 2.07. The van der Waals surface area contributed by atoms with E-state index in [0.717, 1.165) is 11.4 Å². The fraction of sp³-hybridized carbons (Fsp3) is 0.556. The molecule has 0 fully saturated rings. The van der Waals surface area contributed by atoms with Crippen molar-refractivity contribution in [3.63, 3.8) is 0 Å². The largest absolute Gasteiger partial charge is 0.332 e. The van der Waals surface area contributed by atoms with E-state index in [2.05, 4.69) is 11.1 Å². The highest BCUT2D eigenvalue weighted by molar-refractivity contribution is 5.11. The Morgan fingerprint density at radius 1 is 1.69 bits per heavy atom. The van der Waals surface area contributed by atoms with Crippen LogP contribution in [0, 0.1) is 25.2 Å². The van der Waals surface area contributed by atoms with Crippen molar-refractivity contribution < 1.29 is 0 Å². The van der Waals surface area contributed by atoms with E-state index in [-0.39, 0.29) is 0 Å². The van der Waals surface area contributed by atoms with Gasteiger partial charge in [0.05, 0.1) is 24.6 Å². The second kappa shape index (κ2) is 3.19. The molecule has 4 heteroatoms. The van der Waals surface area contributed by atoms with Crippen molar-refractivity contribution in [3.8, 4) is 6.07 Å². The molecule has 1 rings (SSSR count). The number of imidazole rings is 1. The molecule has 13 heavy (non-hydrogen) atoms. The average Bonchev–Trinajstić information content (AvgIpc) is 2.36. The first kappa shape index (κ1) is 9.75. The molecule has 1 unspecified atom stereocenters. The van der Waals surface area contributed by atoms with Crippen molar-refractivity contribution in [2.45, 2.75) is 32.9 Å². The highest BCUT2D eigenvalue weighted by Crippen LogP contribution is 2.08. The quantitative estimate of drug-likeness (QED) is 0.726. The SMILES string of the molecule is Cc1ncn(CC(C)(N)C#N)c1C. The Kier molecular flexibility index (Phi) is 2.39. The highest BCUT2D eigenvalue weighted by atomic mass is 15.1. The van der Waals surface area contributed by atoms with Crippen molar-refractivity contribution in [1.29, 1.82) is 5.26 Å². The topological polar surface area (TPSA) is 67.6 Å². The van der Waals surface area contributed by atoms with E-state index in [1.165, 1.54) is 0 Å². The fourth-order valence-corrected chi connectivity index (χ4v) is 1.09. The van der Waals surface area contributed by atoms with Gasteiger partial charge in [-0.15, -0.1) is 0 Å². The van der Waals surface area contributed by atoms with Crippen LogP contribution in [0.4, 0.5) is 0 Å². The van der Waals surface area contributed by atoms with E-state index in [9.17, 15) is 0 Å². The van der Waals surface area contributed by atoms with E-state index in [0.29, 0.717) is 6.54 Å². The molecule has 0 bridgehead atoms. The summed E-state index contributed by atoms with van der Waals surface area (Å²) in [5.74, 6) is 0. The lowest BCUT2D eigenvalue weighted by molar-refractivity contribution is 0.486. The number of rotatable bonds is 2. The van der Waals surface area contributed by atoms with Crippen LogP contribution in [0.25, 0.3) is 0 Å². The number of hydrogen-bond acceptors (Lipinski definition) is 3. The molecule has 70 valence electrons. The van der Waals surface area contributed by atoms with Gasteiger partial charge in [-0.05, 0) is 20.8 Å². The van der Waals surface area contributed by atoms with Crippen LogP contribution in [0.1, 0.15) is 18.3 Å². The van der Waals surface area contributed by atoms with Gasteiger partial charge in [0, 0.05) is 5.69 Å². The molecule has 0 aliphatic rings. The molecule has 1 atom stereocenters. The highest BCUT2D eigenvalue weighted by Gasteiger charge is 2.18. The molecule has 0 aliphatic carbocycles. The van der Waals surface area contributed by atoms with Gasteiger partial charge in [-0.25, -0.2) is 4.98 Å². The molecule has 1 aromatic rings. The molecule has 4 nitrogen and oxygen atoms in total. The lowest BCUT2D eigenvalue weighted by atomic mass is 10.1. The Labute approximate surface area is 78.0 Å². The van der Waals surface area contributed by atoms with Gasteiger partial charge < -0.3 is 10.3 Å². The number of hydrogen-bond donors (Lipinski definition) is 1. The molecule has 1 aromatic heterocycles. The Hall–Kier alpha value is -1.34. The minimum absolute atomic E-state index is 0.482. The third-order valence-corrected chi connectivity index (χ3v) is 2.10. The molecule has 0 spiro atoms. The summed E-state index contributed by atoms with van der Waals surface area (Å²) in [7, 11) is 0. The number of aromatic nitrogens is 2. The van der Waals surface area contributed by atoms with Crippen LogP contribution in [0.5, 0.6) is 0 Å². The van der Waals surface area contributed by atoms with Gasteiger partial charge in [0.25, 0.3) is 0 Å². The van der Waals surface area contributed by atoms with Crippen LogP contribution in [0.15, 0.2) is 6.33 Å². The lowest BCUT2D eigenvalue weighted by Gasteiger charge is -2.16. The summed E-state index contributed by atoms with van der Waals surface area (Å²) >= 11 is 0. The van der Waals surface area contributed by atoms with Crippen LogP contribution < -0.4 is 5.73 Å². The van der Waals surface area contributed by atoms with Crippen molar-refractivity contribution >= 4 is 0 Å². The Morgan fingerprint density at radius 3 is 2.69 bits per heavy atom. The van der Waals surface area contributed by atoms with Gasteiger partial charge in [-0.1, -0.05) is 0 Å². The number of nitrogens with zero attached hydrogens (tertiary/aromatic N) is 3. The molecule has 0 saturated carbocycles. The van der Waals surface area contributed by atoms with E-state index in [1.54, 1.807) is 13.3 Å². The van der Waals surface area contributed by atoms with Crippen LogP contribution in [0.2, 0.25) is 0 Å². The van der Waals surface area contributed by atoms with Gasteiger partial charge in [0.2, 0.25) is 0 Å². The third-order valence-electron chi connectivity index (χ3n) is 2.10. The van der Waals surface area contributed by atoms with Crippen molar-refractivity contribution in [2.75, 3.05) is 0 Å². The molecule has 0 amide bonds. The molecular formula is C9H14N4. The van der Waals surface area contributed by atoms with Crippen LogP contribution >= 0.6 is 0 Å². The minimum atomic E-state index is -0.822. The number of aryl methyl sites for hydroxylation is 1. The first-order chi connectivity index (χ1) is 5.96. The molecule has 0 aromatic carbocycles. The van der Waals surface area contributed by atoms with Crippen LogP contribution in [-0.2, 0) is 6.54 Å². The molecule has 2 N–H and O–H groups in total. The van der Waals surface area contributed by atoms with Gasteiger partial charge in [0.1, 0.15) is 5.54 Å². The fourth-order valence-electron chi connectivity index (χ4n) is 1.09. The monoisotopic (exact) mass is 178 g/mol. The summed E-state index contributed by atoms with van der Waals surface area (Å²) in [5, 5.41) is 8.74. The summed E-state index contributed by atoms with van der Waals surface area (Å²) in [6, 6.07) is 2.06. The van der Waals surface area contributed by atoms with Crippen LogP contribution in [-0.4, -0.2) is 15.1 Å². The second-order valence-electron chi connectivity index (χ2n) is 3.57. The summed E-state index contributed by atoms with van der Waals surface area (Å²) in [4.78, 5) is 4.13. The van der Waals surface area contributed by atoms with E-state index < -0.39 is 5.54 Å². The van der Waals surface area contributed by atoms with Gasteiger partial charge >= 0.3 is 0 Å². The predicted octanol–water partition coefficient (Wildman–Crippen LogP) is 0.741. The van der Waals surface area contributed by atoms with E-state index in [1.807, 2.05) is 18.4 Å². The number of nitriles is 1. The maximum absolute atomic E-state index is 8.74. The maximum Gasteiger partial charge on any atom is 0.119 e. The number of nitrogens with two attached hydrogens (primary N) is 1. The van der Waals surface area contributed by atoms with E-state index in [4.69, 9.17) is 11.0 Å². The van der Waals surface area contributed by atoms with Crippen LogP contribution in [0.3, 0.4) is 0 Å². The molecular weight excluding hydrogens is 164 g/mol. The summed E-state index contributed by atoms with van der Waals surface area (Å²) in [6.07, 6.45) is 1.72. The average molecular weight is 178 g/mol. The molecule has 0 saturated heterocycles. The zero-order valence-electron chi connectivity index (χ0n) is 8.20. The first-order valence-corrected chi connectivity index (χ1v) is 4.15. The predicted molar refractivity (Wildman–Crippen MR) is 49.9 cm³/mol. The lowest BCUT2D eigenvalue weighted by Crippen LogP contribution is -2.39.